The lowest BCUT2D eigenvalue weighted by atomic mass is 9.98. The molecule has 1 atom stereocenters. The summed E-state index contributed by atoms with van der Waals surface area (Å²) in [6, 6.07) is 7.45. The molecule has 142 valence electrons. The van der Waals surface area contributed by atoms with Crippen LogP contribution in [0.25, 0.3) is 0 Å². The molecule has 4 rings (SSSR count). The van der Waals surface area contributed by atoms with Gasteiger partial charge in [-0.05, 0) is 38.4 Å². The number of para-hydroxylation sites is 1. The fourth-order valence-corrected chi connectivity index (χ4v) is 3.87. The molecule has 1 amide bonds. The van der Waals surface area contributed by atoms with E-state index in [1.807, 2.05) is 42.3 Å². The number of fused-ring (bicyclic) bond motifs is 1. The molecule has 1 saturated heterocycles. The summed E-state index contributed by atoms with van der Waals surface area (Å²) in [4.78, 5) is 24.3. The van der Waals surface area contributed by atoms with Crippen LogP contribution in [0.2, 0.25) is 0 Å². The van der Waals surface area contributed by atoms with Crippen molar-refractivity contribution in [3.8, 4) is 5.75 Å². The van der Waals surface area contributed by atoms with E-state index in [-0.39, 0.29) is 5.91 Å². The van der Waals surface area contributed by atoms with Crippen LogP contribution in [0, 0.1) is 0 Å². The van der Waals surface area contributed by atoms with Gasteiger partial charge in [-0.25, -0.2) is 9.97 Å². The summed E-state index contributed by atoms with van der Waals surface area (Å²) >= 11 is 0. The summed E-state index contributed by atoms with van der Waals surface area (Å²) in [7, 11) is 0. The number of hydrogen-bond donors (Lipinski definition) is 1. The van der Waals surface area contributed by atoms with Gasteiger partial charge in [0.1, 0.15) is 11.6 Å². The number of carbonyl (C=O) groups excluding carboxylic acids is 1. The molecule has 0 spiro atoms. The Morgan fingerprint density at radius 2 is 2.26 bits per heavy atom. The molecule has 3 heterocycles. The summed E-state index contributed by atoms with van der Waals surface area (Å²) in [5.41, 5.74) is 2.76. The largest absolute Gasteiger partial charge is 0.493 e. The number of hydrogen-bond acceptors (Lipinski definition) is 5. The lowest BCUT2D eigenvalue weighted by Gasteiger charge is -2.29. The summed E-state index contributed by atoms with van der Waals surface area (Å²) in [5, 5.41) is 3.42. The number of piperidine rings is 1. The summed E-state index contributed by atoms with van der Waals surface area (Å²) in [6.45, 7) is 5.73. The van der Waals surface area contributed by atoms with Crippen molar-refractivity contribution in [1.82, 2.24) is 20.2 Å². The maximum Gasteiger partial charge on any atom is 0.257 e. The molecular formula is C21H26N4O2. The number of aromatic nitrogens is 2. The Hall–Kier alpha value is -2.47. The van der Waals surface area contributed by atoms with Crippen molar-refractivity contribution >= 4 is 5.91 Å². The van der Waals surface area contributed by atoms with E-state index in [1.54, 1.807) is 0 Å². The van der Waals surface area contributed by atoms with Crippen LogP contribution in [0.1, 0.15) is 53.1 Å². The van der Waals surface area contributed by atoms with Gasteiger partial charge >= 0.3 is 0 Å². The van der Waals surface area contributed by atoms with Crippen molar-refractivity contribution in [3.63, 3.8) is 0 Å². The fraction of sp³-hybridized carbons (Fsp3) is 0.476. The van der Waals surface area contributed by atoms with Gasteiger partial charge in [0.2, 0.25) is 0 Å². The zero-order valence-corrected chi connectivity index (χ0v) is 15.8. The lowest BCUT2D eigenvalue weighted by molar-refractivity contribution is 0.0729. The number of benzene rings is 1. The van der Waals surface area contributed by atoms with E-state index in [2.05, 4.69) is 10.3 Å². The van der Waals surface area contributed by atoms with Crippen LogP contribution in [0.4, 0.5) is 0 Å². The number of carbonyl (C=O) groups is 1. The van der Waals surface area contributed by atoms with E-state index in [0.717, 1.165) is 43.0 Å². The first-order chi connectivity index (χ1) is 13.3. The number of rotatable bonds is 4. The van der Waals surface area contributed by atoms with E-state index < -0.39 is 0 Å². The Balaban J connectivity index is 1.51. The van der Waals surface area contributed by atoms with Gasteiger partial charge in [-0.15, -0.1) is 0 Å². The minimum Gasteiger partial charge on any atom is -0.493 e. The Kier molecular flexibility index (Phi) is 5.34. The highest BCUT2D eigenvalue weighted by molar-refractivity contribution is 5.97. The fourth-order valence-electron chi connectivity index (χ4n) is 3.87. The number of ether oxygens (including phenoxy) is 1. The third kappa shape index (κ3) is 3.81. The second-order valence-corrected chi connectivity index (χ2v) is 7.15. The maximum absolute atomic E-state index is 13.0. The monoisotopic (exact) mass is 366 g/mol. The molecule has 1 aromatic carbocycles. The first-order valence-corrected chi connectivity index (χ1v) is 9.82. The van der Waals surface area contributed by atoms with Gasteiger partial charge in [-0.3, -0.25) is 4.79 Å². The molecule has 6 nitrogen and oxygen atoms in total. The minimum absolute atomic E-state index is 0.00487. The molecule has 2 aliphatic heterocycles. The van der Waals surface area contributed by atoms with Crippen LogP contribution in [0.3, 0.4) is 0 Å². The molecule has 0 radical (unpaired) electrons. The van der Waals surface area contributed by atoms with E-state index in [0.29, 0.717) is 36.9 Å². The highest BCUT2D eigenvalue weighted by Crippen LogP contribution is 2.26. The zero-order valence-electron chi connectivity index (χ0n) is 15.8. The molecule has 27 heavy (non-hydrogen) atoms. The van der Waals surface area contributed by atoms with Crippen molar-refractivity contribution in [2.75, 3.05) is 26.2 Å². The third-order valence-electron chi connectivity index (χ3n) is 5.32. The van der Waals surface area contributed by atoms with Gasteiger partial charge in [0.25, 0.3) is 5.91 Å². The molecule has 1 fully saturated rings. The summed E-state index contributed by atoms with van der Waals surface area (Å²) in [6.07, 6.45) is 5.00. The molecular weight excluding hydrogens is 340 g/mol. The highest BCUT2D eigenvalue weighted by Gasteiger charge is 2.26. The van der Waals surface area contributed by atoms with Crippen LogP contribution in [0.5, 0.6) is 5.75 Å². The second kappa shape index (κ2) is 8.05. The molecule has 0 unspecified atom stereocenters. The minimum atomic E-state index is 0.00487. The Morgan fingerprint density at radius 3 is 3.07 bits per heavy atom. The zero-order chi connectivity index (χ0) is 18.6. The van der Waals surface area contributed by atoms with Gasteiger partial charge < -0.3 is 15.0 Å². The molecule has 1 aromatic heterocycles. The van der Waals surface area contributed by atoms with Crippen LogP contribution in [0.15, 0.2) is 30.5 Å². The number of nitrogens with zero attached hydrogens (tertiary/aromatic N) is 3. The van der Waals surface area contributed by atoms with Gasteiger partial charge in [0.05, 0.1) is 17.9 Å². The molecule has 0 bridgehead atoms. The van der Waals surface area contributed by atoms with Crippen molar-refractivity contribution < 1.29 is 9.53 Å². The topological polar surface area (TPSA) is 67.3 Å². The summed E-state index contributed by atoms with van der Waals surface area (Å²) in [5.74, 6) is 2.00. The Bertz CT molecular complexity index is 818. The predicted molar refractivity (Wildman–Crippen MR) is 103 cm³/mol. The third-order valence-corrected chi connectivity index (χ3v) is 5.32. The average Bonchev–Trinajstić information content (AvgIpc) is 2.74. The van der Waals surface area contributed by atoms with Crippen LogP contribution in [-0.4, -0.2) is 47.0 Å². The van der Waals surface area contributed by atoms with Gasteiger partial charge in [-0.2, -0.15) is 0 Å². The normalized spacial score (nSPS) is 19.4. The van der Waals surface area contributed by atoms with Crippen molar-refractivity contribution in [2.45, 2.75) is 38.6 Å². The van der Waals surface area contributed by atoms with Crippen molar-refractivity contribution in [3.05, 3.63) is 53.1 Å². The average molecular weight is 366 g/mol. The molecule has 0 aliphatic carbocycles. The first kappa shape index (κ1) is 17.9. The number of amides is 1. The van der Waals surface area contributed by atoms with Gasteiger partial charge in [0.15, 0.2) is 0 Å². The first-order valence-electron chi connectivity index (χ1n) is 9.82. The highest BCUT2D eigenvalue weighted by atomic mass is 16.5. The smallest absolute Gasteiger partial charge is 0.257 e. The van der Waals surface area contributed by atoms with Gasteiger partial charge in [0, 0.05) is 43.7 Å². The van der Waals surface area contributed by atoms with E-state index >= 15 is 0 Å². The Morgan fingerprint density at radius 1 is 1.37 bits per heavy atom. The predicted octanol–water partition coefficient (Wildman–Crippen LogP) is 2.54. The van der Waals surface area contributed by atoms with E-state index in [1.165, 1.54) is 6.42 Å². The molecule has 2 aromatic rings. The Labute approximate surface area is 160 Å². The van der Waals surface area contributed by atoms with Crippen LogP contribution in [-0.2, 0) is 13.0 Å². The van der Waals surface area contributed by atoms with Crippen molar-refractivity contribution in [1.29, 1.82) is 0 Å². The molecule has 2 aliphatic rings. The quantitative estimate of drug-likeness (QED) is 0.901. The molecule has 6 heteroatoms. The van der Waals surface area contributed by atoms with E-state index in [9.17, 15) is 4.79 Å². The number of nitrogens with one attached hydrogen (secondary N) is 1. The molecule has 0 saturated carbocycles. The maximum atomic E-state index is 13.0. The van der Waals surface area contributed by atoms with E-state index in [4.69, 9.17) is 9.72 Å². The SMILES string of the molecule is CCOc1ccccc1C(=O)N1CCc2nc([C@@H]3CCCNC3)ncc2C1. The second-order valence-electron chi connectivity index (χ2n) is 7.15. The molecule has 1 N–H and O–H groups in total. The lowest BCUT2D eigenvalue weighted by Crippen LogP contribution is -2.37. The summed E-state index contributed by atoms with van der Waals surface area (Å²) < 4.78 is 5.62. The van der Waals surface area contributed by atoms with Crippen LogP contribution >= 0.6 is 0 Å². The van der Waals surface area contributed by atoms with Gasteiger partial charge in [-0.1, -0.05) is 12.1 Å². The van der Waals surface area contributed by atoms with Crippen LogP contribution < -0.4 is 10.1 Å². The van der Waals surface area contributed by atoms with Crippen molar-refractivity contribution in [2.24, 2.45) is 0 Å². The standard InChI is InChI=1S/C21H26N4O2/c1-2-27-19-8-4-3-7-17(19)21(26)25-11-9-18-16(14-25)13-23-20(24-18)15-6-5-10-22-12-15/h3-4,7-8,13,15,22H,2,5-6,9-12,14H2,1H3/t15-/m1/s1.